The molecule has 1 aliphatic rings. The highest BCUT2D eigenvalue weighted by Crippen LogP contribution is 2.34. The minimum absolute atomic E-state index is 0.142. The van der Waals surface area contributed by atoms with Crippen molar-refractivity contribution in [1.82, 2.24) is 14.8 Å². The maximum atomic E-state index is 13.7. The monoisotopic (exact) mass is 437 g/mol. The van der Waals surface area contributed by atoms with Crippen LogP contribution in [0.5, 0.6) is 0 Å². The van der Waals surface area contributed by atoms with Gasteiger partial charge in [-0.25, -0.2) is 0 Å². The zero-order valence-corrected chi connectivity index (χ0v) is 18.9. The van der Waals surface area contributed by atoms with Gasteiger partial charge in [-0.05, 0) is 43.0 Å². The molecule has 2 heterocycles. The first-order valence-corrected chi connectivity index (χ1v) is 11.1. The Morgan fingerprint density at radius 3 is 2.61 bits per heavy atom. The lowest BCUT2D eigenvalue weighted by Crippen LogP contribution is -2.63. The van der Waals surface area contributed by atoms with E-state index in [9.17, 15) is 9.59 Å². The summed E-state index contributed by atoms with van der Waals surface area (Å²) in [5.41, 5.74) is 1.34. The molecule has 162 valence electrons. The molecule has 31 heavy (non-hydrogen) atoms. The Hall–Kier alpha value is -2.79. The maximum Gasteiger partial charge on any atom is 0.271 e. The number of carbonyl (C=O) groups excluding carboxylic acids is 2. The van der Waals surface area contributed by atoms with Crippen LogP contribution in [0.4, 0.5) is 0 Å². The van der Waals surface area contributed by atoms with Crippen LogP contribution in [0.2, 0.25) is 5.02 Å². The van der Waals surface area contributed by atoms with E-state index in [1.54, 1.807) is 4.90 Å². The van der Waals surface area contributed by atoms with Crippen molar-refractivity contribution < 1.29 is 9.59 Å². The molecule has 1 atom stereocenters. The van der Waals surface area contributed by atoms with E-state index in [1.807, 2.05) is 66.1 Å². The lowest BCUT2D eigenvalue weighted by atomic mass is 9.93. The molecule has 2 amide bonds. The number of benzene rings is 2. The number of hydrogen-bond acceptors (Lipinski definition) is 2. The number of rotatable bonds is 6. The molecule has 0 saturated carbocycles. The van der Waals surface area contributed by atoms with Crippen molar-refractivity contribution in [2.24, 2.45) is 5.92 Å². The molecule has 1 aliphatic heterocycles. The normalized spacial score (nSPS) is 18.5. The third kappa shape index (κ3) is 3.94. The van der Waals surface area contributed by atoms with Crippen LogP contribution >= 0.6 is 11.6 Å². The van der Waals surface area contributed by atoms with Crippen LogP contribution < -0.4 is 5.32 Å². The van der Waals surface area contributed by atoms with E-state index in [2.05, 4.69) is 19.2 Å². The van der Waals surface area contributed by atoms with Crippen molar-refractivity contribution in [3.63, 3.8) is 0 Å². The Morgan fingerprint density at radius 1 is 1.16 bits per heavy atom. The summed E-state index contributed by atoms with van der Waals surface area (Å²) in [5.74, 6) is 0.182. The number of aromatic nitrogens is 1. The summed E-state index contributed by atoms with van der Waals surface area (Å²) in [6.07, 6.45) is 0.887. The largest absolute Gasteiger partial charge is 0.354 e. The number of carbonyl (C=O) groups is 2. The fraction of sp³-hybridized carbons (Fsp3) is 0.360. The quantitative estimate of drug-likeness (QED) is 0.598. The average Bonchev–Trinajstić information content (AvgIpc) is 3.10. The topological polar surface area (TPSA) is 54.3 Å². The van der Waals surface area contributed by atoms with Crippen molar-refractivity contribution in [3.8, 4) is 0 Å². The van der Waals surface area contributed by atoms with Gasteiger partial charge in [0.25, 0.3) is 5.91 Å². The summed E-state index contributed by atoms with van der Waals surface area (Å²) in [6, 6.07) is 17.3. The van der Waals surface area contributed by atoms with Gasteiger partial charge in [0, 0.05) is 29.0 Å². The van der Waals surface area contributed by atoms with Crippen molar-refractivity contribution in [2.45, 2.75) is 45.8 Å². The number of nitrogens with one attached hydrogen (secondary N) is 1. The number of nitrogens with zero attached hydrogens (tertiary/aromatic N) is 2. The Morgan fingerprint density at radius 2 is 1.87 bits per heavy atom. The van der Waals surface area contributed by atoms with E-state index in [0.717, 1.165) is 22.9 Å². The predicted molar refractivity (Wildman–Crippen MR) is 124 cm³/mol. The molecule has 0 radical (unpaired) electrons. The zero-order valence-electron chi connectivity index (χ0n) is 18.2. The van der Waals surface area contributed by atoms with E-state index in [4.69, 9.17) is 11.6 Å². The number of halogens is 1. The van der Waals surface area contributed by atoms with Gasteiger partial charge in [0.15, 0.2) is 0 Å². The summed E-state index contributed by atoms with van der Waals surface area (Å²) >= 11 is 6.40. The molecule has 4 rings (SSSR count). The lowest BCUT2D eigenvalue weighted by molar-refractivity contribution is -0.133. The summed E-state index contributed by atoms with van der Waals surface area (Å²) in [5, 5.41) is 4.65. The van der Waals surface area contributed by atoms with Gasteiger partial charge >= 0.3 is 0 Å². The lowest BCUT2D eigenvalue weighted by Gasteiger charge is -2.44. The number of amides is 2. The van der Waals surface area contributed by atoms with Gasteiger partial charge in [0.05, 0.1) is 6.54 Å². The summed E-state index contributed by atoms with van der Waals surface area (Å²) in [6.45, 7) is 7.34. The average molecular weight is 438 g/mol. The molecule has 5 nitrogen and oxygen atoms in total. The second-order valence-corrected chi connectivity index (χ2v) is 9.28. The predicted octanol–water partition coefficient (Wildman–Crippen LogP) is 4.87. The van der Waals surface area contributed by atoms with Crippen LogP contribution in [0, 0.1) is 5.92 Å². The van der Waals surface area contributed by atoms with Crippen LogP contribution in [0.1, 0.15) is 43.2 Å². The number of para-hydroxylation sites is 1. The van der Waals surface area contributed by atoms with Crippen molar-refractivity contribution in [2.75, 3.05) is 6.54 Å². The third-order valence-electron chi connectivity index (χ3n) is 6.12. The van der Waals surface area contributed by atoms with Crippen LogP contribution in [0.25, 0.3) is 10.9 Å². The zero-order chi connectivity index (χ0) is 22.2. The standard InChI is InChI=1S/C25H28ClN3O2/c1-17(2)12-13-27-24(31)25(3)16-28-21-11-7-5-8-18(21)14-22(28)23(30)29(25)15-19-9-4-6-10-20(19)26/h4-11,14,17H,12-13,15-16H2,1-3H3,(H,27,31)/t25-/m1/s1. The minimum Gasteiger partial charge on any atom is -0.354 e. The van der Waals surface area contributed by atoms with Crippen molar-refractivity contribution >= 4 is 34.3 Å². The van der Waals surface area contributed by atoms with Crippen molar-refractivity contribution in [3.05, 3.63) is 70.9 Å². The van der Waals surface area contributed by atoms with Crippen LogP contribution in [0.3, 0.4) is 0 Å². The SMILES string of the molecule is CC(C)CCNC(=O)[C@@]1(C)Cn2c(cc3ccccc32)C(=O)N1Cc1ccccc1Cl. The molecule has 6 heteroatoms. The Kier molecular flexibility index (Phi) is 5.80. The van der Waals surface area contributed by atoms with Crippen LogP contribution in [-0.2, 0) is 17.9 Å². The highest BCUT2D eigenvalue weighted by molar-refractivity contribution is 6.31. The van der Waals surface area contributed by atoms with Gasteiger partial charge in [-0.15, -0.1) is 0 Å². The molecular formula is C25H28ClN3O2. The van der Waals surface area contributed by atoms with E-state index < -0.39 is 5.54 Å². The Balaban J connectivity index is 1.76. The van der Waals surface area contributed by atoms with Crippen LogP contribution in [-0.4, -0.2) is 33.4 Å². The molecule has 2 aromatic carbocycles. The molecule has 0 unspecified atom stereocenters. The smallest absolute Gasteiger partial charge is 0.271 e. The van der Waals surface area contributed by atoms with Gasteiger partial charge in [-0.2, -0.15) is 0 Å². The first kappa shape index (κ1) is 21.4. The molecule has 0 bridgehead atoms. The fourth-order valence-corrected chi connectivity index (χ4v) is 4.41. The Bertz CT molecular complexity index is 1140. The van der Waals surface area contributed by atoms with Gasteiger partial charge in [0.1, 0.15) is 11.2 Å². The molecule has 0 saturated heterocycles. The van der Waals surface area contributed by atoms with E-state index in [-0.39, 0.29) is 18.4 Å². The first-order chi connectivity index (χ1) is 14.8. The molecule has 0 aliphatic carbocycles. The summed E-state index contributed by atoms with van der Waals surface area (Å²) in [4.78, 5) is 28.8. The molecule has 1 aromatic heterocycles. The first-order valence-electron chi connectivity index (χ1n) is 10.7. The molecule has 0 fully saturated rings. The number of hydrogen-bond donors (Lipinski definition) is 1. The van der Waals surface area contributed by atoms with Gasteiger partial charge in [-0.1, -0.05) is 61.8 Å². The molecule has 1 N–H and O–H groups in total. The van der Waals surface area contributed by atoms with Gasteiger partial charge < -0.3 is 14.8 Å². The summed E-state index contributed by atoms with van der Waals surface area (Å²) < 4.78 is 1.97. The van der Waals surface area contributed by atoms with Crippen molar-refractivity contribution in [1.29, 1.82) is 0 Å². The van der Waals surface area contributed by atoms with Gasteiger partial charge in [-0.3, -0.25) is 9.59 Å². The highest BCUT2D eigenvalue weighted by atomic mass is 35.5. The second kappa shape index (κ2) is 8.39. The van der Waals surface area contributed by atoms with Gasteiger partial charge in [0.2, 0.25) is 5.91 Å². The molecular weight excluding hydrogens is 410 g/mol. The fourth-order valence-electron chi connectivity index (χ4n) is 4.22. The van der Waals surface area contributed by atoms with Crippen LogP contribution in [0.15, 0.2) is 54.6 Å². The summed E-state index contributed by atoms with van der Waals surface area (Å²) in [7, 11) is 0. The van der Waals surface area contributed by atoms with E-state index in [0.29, 0.717) is 29.7 Å². The highest BCUT2D eigenvalue weighted by Gasteiger charge is 2.47. The molecule has 3 aromatic rings. The Labute approximate surface area is 188 Å². The third-order valence-corrected chi connectivity index (χ3v) is 6.49. The maximum absolute atomic E-state index is 13.7. The van der Waals surface area contributed by atoms with E-state index >= 15 is 0 Å². The second-order valence-electron chi connectivity index (χ2n) is 8.87. The minimum atomic E-state index is -1.04. The van der Waals surface area contributed by atoms with E-state index in [1.165, 1.54) is 0 Å². The molecule has 0 spiro atoms. The number of fused-ring (bicyclic) bond motifs is 3.